The maximum Gasteiger partial charge on any atom is 0.228 e. The summed E-state index contributed by atoms with van der Waals surface area (Å²) in [4.78, 5) is 27.7. The van der Waals surface area contributed by atoms with E-state index in [-0.39, 0.29) is 22.7 Å². The van der Waals surface area contributed by atoms with E-state index < -0.39 is 0 Å². The normalized spacial score (nSPS) is 42.8. The Kier molecular flexibility index (Phi) is 4.75. The van der Waals surface area contributed by atoms with Gasteiger partial charge in [0.2, 0.25) is 11.8 Å². The SMILES string of the molecule is CN1C(=O)CC[C@]2(C)[C@H]3CC[C@]4(C)[C@@H](C(=O)Nc5ccccc5)CC[C@H]4[C@@H]3CC[C@@H]12. The number of carbonyl (C=O) groups is 2. The molecule has 0 bridgehead atoms. The van der Waals surface area contributed by atoms with Gasteiger partial charge in [-0.25, -0.2) is 0 Å². The molecule has 1 aliphatic heterocycles. The van der Waals surface area contributed by atoms with Crippen LogP contribution in [-0.4, -0.2) is 29.8 Å². The second-order valence-electron chi connectivity index (χ2n) is 11.0. The lowest BCUT2D eigenvalue weighted by molar-refractivity contribution is -0.159. The molecule has 3 aliphatic carbocycles. The molecule has 1 aromatic carbocycles. The van der Waals surface area contributed by atoms with Crippen molar-refractivity contribution in [2.45, 2.75) is 71.3 Å². The highest BCUT2D eigenvalue weighted by atomic mass is 16.2. The van der Waals surface area contributed by atoms with Crippen LogP contribution in [0.2, 0.25) is 0 Å². The minimum absolute atomic E-state index is 0.111. The van der Waals surface area contributed by atoms with Gasteiger partial charge in [0.25, 0.3) is 0 Å². The zero-order valence-electron chi connectivity index (χ0n) is 18.7. The number of para-hydroxylation sites is 1. The predicted molar refractivity (Wildman–Crippen MR) is 119 cm³/mol. The van der Waals surface area contributed by atoms with E-state index in [1.54, 1.807) is 0 Å². The largest absolute Gasteiger partial charge is 0.342 e. The van der Waals surface area contributed by atoms with Crippen LogP contribution >= 0.6 is 0 Å². The third-order valence-corrected chi connectivity index (χ3v) is 9.92. The number of hydrogen-bond donors (Lipinski definition) is 1. The molecule has 1 heterocycles. The Morgan fingerprint density at radius 2 is 1.70 bits per heavy atom. The van der Waals surface area contributed by atoms with Gasteiger partial charge in [0.1, 0.15) is 0 Å². The smallest absolute Gasteiger partial charge is 0.228 e. The zero-order valence-corrected chi connectivity index (χ0v) is 18.7. The van der Waals surface area contributed by atoms with Crippen LogP contribution in [-0.2, 0) is 9.59 Å². The van der Waals surface area contributed by atoms with Gasteiger partial charge < -0.3 is 10.2 Å². The van der Waals surface area contributed by atoms with Crippen molar-refractivity contribution >= 4 is 17.5 Å². The highest BCUT2D eigenvalue weighted by Gasteiger charge is 2.62. The van der Waals surface area contributed by atoms with E-state index in [9.17, 15) is 9.59 Å². The quantitative estimate of drug-likeness (QED) is 0.740. The molecule has 0 spiro atoms. The number of piperidine rings is 1. The molecule has 0 aromatic heterocycles. The summed E-state index contributed by atoms with van der Waals surface area (Å²) < 4.78 is 0. The molecule has 3 saturated carbocycles. The summed E-state index contributed by atoms with van der Waals surface area (Å²) in [6.07, 6.45) is 8.65. The summed E-state index contributed by atoms with van der Waals surface area (Å²) in [5.74, 6) is 2.71. The molecule has 2 amide bonds. The third-order valence-electron chi connectivity index (χ3n) is 9.92. The Balaban J connectivity index is 1.36. The molecular weight excluding hydrogens is 372 g/mol. The van der Waals surface area contributed by atoms with Gasteiger partial charge in [-0.2, -0.15) is 0 Å². The number of nitrogens with zero attached hydrogens (tertiary/aromatic N) is 1. The van der Waals surface area contributed by atoms with E-state index in [4.69, 9.17) is 0 Å². The molecule has 1 aromatic rings. The van der Waals surface area contributed by atoms with E-state index in [0.717, 1.165) is 31.4 Å². The summed E-state index contributed by atoms with van der Waals surface area (Å²) in [5.41, 5.74) is 1.27. The number of rotatable bonds is 2. The van der Waals surface area contributed by atoms with Crippen LogP contribution in [0.1, 0.15) is 65.2 Å². The summed E-state index contributed by atoms with van der Waals surface area (Å²) in [5, 5.41) is 3.19. The molecule has 5 rings (SSSR count). The van der Waals surface area contributed by atoms with Crippen LogP contribution in [0.4, 0.5) is 5.69 Å². The number of carbonyl (C=O) groups excluding carboxylic acids is 2. The average Bonchev–Trinajstić information content (AvgIpc) is 3.09. The van der Waals surface area contributed by atoms with E-state index in [0.29, 0.717) is 36.1 Å². The van der Waals surface area contributed by atoms with Crippen molar-refractivity contribution < 1.29 is 9.59 Å². The number of benzene rings is 1. The van der Waals surface area contributed by atoms with Gasteiger partial charge in [0.05, 0.1) is 0 Å². The minimum Gasteiger partial charge on any atom is -0.342 e. The number of anilines is 1. The number of nitrogens with one attached hydrogen (secondary N) is 1. The molecular formula is C26H36N2O2. The number of amides is 2. The van der Waals surface area contributed by atoms with Crippen molar-refractivity contribution in [3.63, 3.8) is 0 Å². The van der Waals surface area contributed by atoms with Crippen molar-refractivity contribution in [2.75, 3.05) is 12.4 Å². The number of hydrogen-bond acceptors (Lipinski definition) is 2. The Morgan fingerprint density at radius 3 is 2.47 bits per heavy atom. The first kappa shape index (κ1) is 20.1. The van der Waals surface area contributed by atoms with Crippen molar-refractivity contribution in [1.82, 2.24) is 4.90 Å². The zero-order chi connectivity index (χ0) is 21.1. The Morgan fingerprint density at radius 1 is 0.967 bits per heavy atom. The molecule has 162 valence electrons. The van der Waals surface area contributed by atoms with Crippen LogP contribution in [0.15, 0.2) is 30.3 Å². The fourth-order valence-electron chi connectivity index (χ4n) is 8.33. The van der Waals surface area contributed by atoms with Crippen molar-refractivity contribution in [3.05, 3.63) is 30.3 Å². The van der Waals surface area contributed by atoms with E-state index >= 15 is 0 Å². The Labute approximate surface area is 180 Å². The topological polar surface area (TPSA) is 49.4 Å². The maximum atomic E-state index is 13.2. The van der Waals surface area contributed by atoms with Gasteiger partial charge in [0.15, 0.2) is 0 Å². The molecule has 4 heteroatoms. The van der Waals surface area contributed by atoms with E-state index in [1.807, 2.05) is 37.4 Å². The van der Waals surface area contributed by atoms with Crippen LogP contribution in [0.25, 0.3) is 0 Å². The lowest BCUT2D eigenvalue weighted by atomic mass is 9.47. The fourth-order valence-corrected chi connectivity index (χ4v) is 8.33. The summed E-state index contributed by atoms with van der Waals surface area (Å²) in [7, 11) is 2.02. The maximum absolute atomic E-state index is 13.2. The third kappa shape index (κ3) is 2.85. The van der Waals surface area contributed by atoms with E-state index in [1.165, 1.54) is 19.3 Å². The van der Waals surface area contributed by atoms with Gasteiger partial charge in [-0.1, -0.05) is 32.0 Å². The average molecular weight is 409 g/mol. The fraction of sp³-hybridized carbons (Fsp3) is 0.692. The van der Waals surface area contributed by atoms with Crippen LogP contribution in [0.5, 0.6) is 0 Å². The predicted octanol–water partition coefficient (Wildman–Crippen LogP) is 5.10. The molecule has 4 aliphatic rings. The van der Waals surface area contributed by atoms with Crippen molar-refractivity contribution in [1.29, 1.82) is 0 Å². The Hall–Kier alpha value is -1.84. The summed E-state index contributed by atoms with van der Waals surface area (Å²) in [6.45, 7) is 4.87. The van der Waals surface area contributed by atoms with Gasteiger partial charge >= 0.3 is 0 Å². The Bertz CT molecular complexity index is 839. The molecule has 0 radical (unpaired) electrons. The lowest BCUT2D eigenvalue weighted by Gasteiger charge is -2.61. The van der Waals surface area contributed by atoms with E-state index in [2.05, 4.69) is 24.1 Å². The first-order chi connectivity index (χ1) is 14.3. The standard InChI is InChI=1S/C26H36N2O2/c1-25-15-13-20-18(9-12-22-26(20,2)16-14-23(29)28(22)3)19(25)10-11-21(25)24(30)27-17-7-5-4-6-8-17/h4-8,18-22H,9-16H2,1-3H3,(H,27,30)/t18-,19-,20-,21+,22+,25-,26+/m0/s1. The van der Waals surface area contributed by atoms with Gasteiger partial charge in [0, 0.05) is 31.1 Å². The molecule has 0 unspecified atom stereocenters. The number of fused-ring (bicyclic) bond motifs is 5. The van der Waals surface area contributed by atoms with Crippen LogP contribution < -0.4 is 5.32 Å². The van der Waals surface area contributed by atoms with Gasteiger partial charge in [-0.3, -0.25) is 9.59 Å². The first-order valence-corrected chi connectivity index (χ1v) is 12.0. The molecule has 30 heavy (non-hydrogen) atoms. The molecule has 4 nitrogen and oxygen atoms in total. The van der Waals surface area contributed by atoms with Crippen LogP contribution in [0, 0.1) is 34.5 Å². The van der Waals surface area contributed by atoms with Crippen LogP contribution in [0.3, 0.4) is 0 Å². The molecule has 4 fully saturated rings. The monoisotopic (exact) mass is 408 g/mol. The summed E-state index contributed by atoms with van der Waals surface area (Å²) in [6, 6.07) is 10.3. The second-order valence-corrected chi connectivity index (χ2v) is 11.0. The number of likely N-dealkylation sites (tertiary alicyclic amines) is 1. The molecule has 1 N–H and O–H groups in total. The lowest BCUT2D eigenvalue weighted by Crippen LogP contribution is -2.61. The van der Waals surface area contributed by atoms with Crippen molar-refractivity contribution in [3.8, 4) is 0 Å². The summed E-state index contributed by atoms with van der Waals surface area (Å²) >= 11 is 0. The molecule has 7 atom stereocenters. The highest BCUT2D eigenvalue weighted by Crippen LogP contribution is 2.66. The highest BCUT2D eigenvalue weighted by molar-refractivity contribution is 5.93. The van der Waals surface area contributed by atoms with Gasteiger partial charge in [-0.05, 0) is 85.7 Å². The first-order valence-electron chi connectivity index (χ1n) is 12.0. The second kappa shape index (κ2) is 7.10. The van der Waals surface area contributed by atoms with Crippen molar-refractivity contribution in [2.24, 2.45) is 34.5 Å². The molecule has 1 saturated heterocycles. The minimum atomic E-state index is 0.111. The van der Waals surface area contributed by atoms with Gasteiger partial charge in [-0.15, -0.1) is 0 Å².